The highest BCUT2D eigenvalue weighted by molar-refractivity contribution is 14.1. The first kappa shape index (κ1) is 11.9. The second kappa shape index (κ2) is 4.34. The molecular formula is C12H19IO2. The molecular weight excluding hydrogens is 303 g/mol. The van der Waals surface area contributed by atoms with Crippen molar-refractivity contribution in [1.29, 1.82) is 0 Å². The molecule has 86 valence electrons. The van der Waals surface area contributed by atoms with Gasteiger partial charge in [-0.05, 0) is 17.8 Å². The van der Waals surface area contributed by atoms with Crippen molar-refractivity contribution in [3.8, 4) is 0 Å². The topological polar surface area (TPSA) is 18.5 Å². The van der Waals surface area contributed by atoms with E-state index in [9.17, 15) is 0 Å². The lowest BCUT2D eigenvalue weighted by atomic mass is 9.66. The summed E-state index contributed by atoms with van der Waals surface area (Å²) in [5, 5.41) is 0. The second-order valence-electron chi connectivity index (χ2n) is 4.88. The number of ether oxygens (including phenoxy) is 2. The van der Waals surface area contributed by atoms with E-state index in [1.165, 1.54) is 10.8 Å². The molecule has 0 bridgehead atoms. The van der Waals surface area contributed by atoms with Crippen LogP contribution in [0, 0.1) is 11.3 Å². The molecule has 1 spiro atoms. The van der Waals surface area contributed by atoms with E-state index in [0.29, 0.717) is 5.92 Å². The summed E-state index contributed by atoms with van der Waals surface area (Å²) in [5.74, 6) is 0.430. The molecule has 1 saturated carbocycles. The van der Waals surface area contributed by atoms with Gasteiger partial charge in [0, 0.05) is 17.3 Å². The fraction of sp³-hybridized carbons (Fsp3) is 0.833. The molecule has 15 heavy (non-hydrogen) atoms. The van der Waals surface area contributed by atoms with Gasteiger partial charge in [-0.3, -0.25) is 0 Å². The summed E-state index contributed by atoms with van der Waals surface area (Å²) in [4.78, 5) is 0. The van der Waals surface area contributed by atoms with Crippen LogP contribution in [0.15, 0.2) is 12.7 Å². The predicted molar refractivity (Wildman–Crippen MR) is 69.2 cm³/mol. The zero-order valence-corrected chi connectivity index (χ0v) is 11.5. The summed E-state index contributed by atoms with van der Waals surface area (Å²) < 4.78 is 12.8. The summed E-state index contributed by atoms with van der Waals surface area (Å²) in [7, 11) is 0. The first-order valence-electron chi connectivity index (χ1n) is 5.62. The quantitative estimate of drug-likeness (QED) is 0.442. The van der Waals surface area contributed by atoms with Gasteiger partial charge in [-0.1, -0.05) is 35.6 Å². The minimum absolute atomic E-state index is 0.170. The van der Waals surface area contributed by atoms with Crippen molar-refractivity contribution < 1.29 is 9.47 Å². The van der Waals surface area contributed by atoms with E-state index >= 15 is 0 Å². The molecule has 2 aliphatic rings. The van der Waals surface area contributed by atoms with E-state index in [0.717, 1.165) is 26.1 Å². The van der Waals surface area contributed by atoms with Crippen molar-refractivity contribution in [3.05, 3.63) is 12.7 Å². The highest BCUT2D eigenvalue weighted by atomic mass is 127. The third-order valence-electron chi connectivity index (χ3n) is 3.92. The Balaban J connectivity index is 2.15. The molecule has 1 heterocycles. The van der Waals surface area contributed by atoms with Crippen molar-refractivity contribution in [2.45, 2.75) is 32.0 Å². The fourth-order valence-electron chi connectivity index (χ4n) is 2.77. The molecule has 0 unspecified atom stereocenters. The molecule has 3 heteroatoms. The number of hydrogen-bond donors (Lipinski definition) is 0. The fourth-order valence-corrected chi connectivity index (χ4v) is 4.22. The molecule has 2 nitrogen and oxygen atoms in total. The zero-order chi connectivity index (χ0) is 10.9. The van der Waals surface area contributed by atoms with E-state index in [4.69, 9.17) is 9.47 Å². The molecule has 0 aromatic rings. The zero-order valence-electron chi connectivity index (χ0n) is 9.30. The van der Waals surface area contributed by atoms with Crippen molar-refractivity contribution >= 4 is 22.6 Å². The molecule has 0 amide bonds. The average Bonchev–Trinajstić information content (AvgIpc) is 2.67. The normalized spacial score (nSPS) is 39.5. The summed E-state index contributed by atoms with van der Waals surface area (Å²) in [5.41, 5.74) is 0.170. The van der Waals surface area contributed by atoms with E-state index in [2.05, 4.69) is 42.2 Å². The van der Waals surface area contributed by atoms with Gasteiger partial charge >= 0.3 is 0 Å². The third kappa shape index (κ3) is 2.11. The summed E-state index contributed by atoms with van der Waals surface area (Å²) in [6.45, 7) is 7.79. The number of rotatable bonds is 2. The van der Waals surface area contributed by atoms with Gasteiger partial charge in [0.25, 0.3) is 0 Å². The van der Waals surface area contributed by atoms with Gasteiger partial charge in [0.15, 0.2) is 5.79 Å². The molecule has 1 saturated heterocycles. The Kier molecular flexibility index (Phi) is 3.43. The van der Waals surface area contributed by atoms with Gasteiger partial charge in [0.05, 0.1) is 13.2 Å². The predicted octanol–water partition coefficient (Wildman–Crippen LogP) is 3.16. The van der Waals surface area contributed by atoms with Crippen LogP contribution in [0.3, 0.4) is 0 Å². The summed E-state index contributed by atoms with van der Waals surface area (Å²) in [6.07, 6.45) is 5.30. The Labute approximate surface area is 106 Å². The first-order chi connectivity index (χ1) is 7.14. The minimum atomic E-state index is -0.286. The highest BCUT2D eigenvalue weighted by Gasteiger charge is 2.49. The van der Waals surface area contributed by atoms with Crippen molar-refractivity contribution in [2.75, 3.05) is 17.6 Å². The smallest absolute Gasteiger partial charge is 0.169 e. The van der Waals surface area contributed by atoms with Gasteiger partial charge in [0.2, 0.25) is 0 Å². The molecule has 2 fully saturated rings. The number of allylic oxidation sites excluding steroid dienone is 1. The molecule has 0 N–H and O–H groups in total. The van der Waals surface area contributed by atoms with Crippen LogP contribution in [0.4, 0.5) is 0 Å². The maximum Gasteiger partial charge on any atom is 0.169 e. The largest absolute Gasteiger partial charge is 0.348 e. The van der Waals surface area contributed by atoms with E-state index < -0.39 is 0 Å². The number of hydrogen-bond acceptors (Lipinski definition) is 2. The van der Waals surface area contributed by atoms with Crippen LogP contribution in [-0.2, 0) is 9.47 Å². The molecule has 1 aliphatic heterocycles. The van der Waals surface area contributed by atoms with E-state index in [1.807, 2.05) is 0 Å². The van der Waals surface area contributed by atoms with Crippen molar-refractivity contribution in [3.63, 3.8) is 0 Å². The van der Waals surface area contributed by atoms with Crippen LogP contribution in [0.25, 0.3) is 0 Å². The highest BCUT2D eigenvalue weighted by Crippen LogP contribution is 2.49. The maximum absolute atomic E-state index is 5.80. The summed E-state index contributed by atoms with van der Waals surface area (Å²) in [6, 6.07) is 0. The molecule has 1 aliphatic carbocycles. The first-order valence-corrected chi connectivity index (χ1v) is 7.14. The van der Waals surface area contributed by atoms with Crippen LogP contribution in [-0.4, -0.2) is 23.4 Å². The molecule has 0 radical (unpaired) electrons. The van der Waals surface area contributed by atoms with E-state index in [1.54, 1.807) is 0 Å². The lowest BCUT2D eigenvalue weighted by Crippen LogP contribution is -2.45. The van der Waals surface area contributed by atoms with Gasteiger partial charge in [-0.15, -0.1) is 6.58 Å². The standard InChI is InChI=1S/C12H19IO2/c1-3-11(2)9-12(14-6-7-15-12)5-4-10(11)8-13/h3,10H,1,4-9H2,2H3/t10-,11+/m1/s1. The van der Waals surface area contributed by atoms with Gasteiger partial charge in [0.1, 0.15) is 0 Å². The molecule has 2 rings (SSSR count). The van der Waals surface area contributed by atoms with Crippen LogP contribution in [0.2, 0.25) is 0 Å². The number of halogens is 1. The van der Waals surface area contributed by atoms with Crippen molar-refractivity contribution in [1.82, 2.24) is 0 Å². The maximum atomic E-state index is 5.80. The lowest BCUT2D eigenvalue weighted by molar-refractivity contribution is -0.202. The second-order valence-corrected chi connectivity index (χ2v) is 5.77. The molecule has 0 aromatic carbocycles. The van der Waals surface area contributed by atoms with Gasteiger partial charge in [-0.25, -0.2) is 0 Å². The van der Waals surface area contributed by atoms with Crippen LogP contribution < -0.4 is 0 Å². The monoisotopic (exact) mass is 322 g/mol. The van der Waals surface area contributed by atoms with E-state index in [-0.39, 0.29) is 11.2 Å². The Morgan fingerprint density at radius 1 is 1.47 bits per heavy atom. The Bertz CT molecular complexity index is 248. The van der Waals surface area contributed by atoms with Crippen LogP contribution in [0.1, 0.15) is 26.2 Å². The third-order valence-corrected chi connectivity index (χ3v) is 4.99. The minimum Gasteiger partial charge on any atom is -0.348 e. The summed E-state index contributed by atoms with van der Waals surface area (Å²) >= 11 is 2.48. The molecule has 2 atom stereocenters. The Hall–Kier alpha value is 0.390. The number of alkyl halides is 1. The average molecular weight is 322 g/mol. The Morgan fingerprint density at radius 2 is 2.13 bits per heavy atom. The lowest BCUT2D eigenvalue weighted by Gasteiger charge is -2.46. The van der Waals surface area contributed by atoms with Crippen LogP contribution >= 0.6 is 22.6 Å². The van der Waals surface area contributed by atoms with Gasteiger partial charge < -0.3 is 9.47 Å². The molecule has 0 aromatic heterocycles. The van der Waals surface area contributed by atoms with Gasteiger partial charge in [-0.2, -0.15) is 0 Å². The van der Waals surface area contributed by atoms with Crippen LogP contribution in [0.5, 0.6) is 0 Å². The SMILES string of the molecule is C=C[C@@]1(C)CC2(CC[C@@H]1CI)OCCO2. The van der Waals surface area contributed by atoms with Crippen molar-refractivity contribution in [2.24, 2.45) is 11.3 Å². The Morgan fingerprint density at radius 3 is 2.67 bits per heavy atom.